The summed E-state index contributed by atoms with van der Waals surface area (Å²) in [7, 11) is 0. The van der Waals surface area contributed by atoms with Gasteiger partial charge in [0, 0.05) is 24.2 Å². The van der Waals surface area contributed by atoms with Crippen molar-refractivity contribution in [2.45, 2.75) is 50.6 Å². The minimum atomic E-state index is -4.65. The van der Waals surface area contributed by atoms with Gasteiger partial charge in [0.05, 0.1) is 31.6 Å². The third kappa shape index (κ3) is 4.50. The van der Waals surface area contributed by atoms with Crippen LogP contribution in [-0.4, -0.2) is 54.8 Å². The summed E-state index contributed by atoms with van der Waals surface area (Å²) in [5.74, 6) is -0.375. The highest BCUT2D eigenvalue weighted by Gasteiger charge is 2.50. The molecule has 1 aromatic heterocycles. The number of anilines is 1. The van der Waals surface area contributed by atoms with Crippen LogP contribution in [-0.2, 0) is 15.7 Å². The summed E-state index contributed by atoms with van der Waals surface area (Å²) in [6, 6.07) is 4.80. The van der Waals surface area contributed by atoms with E-state index in [0.29, 0.717) is 38.3 Å². The summed E-state index contributed by atoms with van der Waals surface area (Å²) in [5, 5.41) is 8.21. The zero-order valence-electron chi connectivity index (χ0n) is 18.9. The van der Waals surface area contributed by atoms with Crippen LogP contribution in [0.1, 0.15) is 30.4 Å². The van der Waals surface area contributed by atoms with E-state index in [1.807, 2.05) is 0 Å². The Balaban J connectivity index is 1.53. The third-order valence-corrected chi connectivity index (χ3v) is 7.33. The highest BCUT2D eigenvalue weighted by atomic mass is 19.4. The molecule has 1 aliphatic carbocycles. The molecule has 0 amide bonds. The predicted octanol–water partition coefficient (Wildman–Crippen LogP) is 3.96. The van der Waals surface area contributed by atoms with Crippen molar-refractivity contribution < 1.29 is 27.0 Å². The second kappa shape index (κ2) is 9.05. The number of fused-ring (bicyclic) bond motifs is 1. The fourth-order valence-electron chi connectivity index (χ4n) is 5.80. The van der Waals surface area contributed by atoms with Crippen LogP contribution in [0.25, 0.3) is 11.3 Å². The molecular weight excluding hydrogens is 452 g/mol. The lowest BCUT2D eigenvalue weighted by Crippen LogP contribution is -2.41. The SMILES string of the molecule is Cc1ccc(F)cc1-c1cc(C(F)(F)F)c(N2CC3CC(N)CC3C2C[C@H]2COCCO2)nn1. The number of rotatable bonds is 4. The molecule has 2 N–H and O–H groups in total. The van der Waals surface area contributed by atoms with Crippen LogP contribution in [0.15, 0.2) is 24.3 Å². The molecule has 3 aliphatic rings. The molecule has 3 heterocycles. The predicted molar refractivity (Wildman–Crippen MR) is 118 cm³/mol. The Bertz CT molecular complexity index is 1040. The van der Waals surface area contributed by atoms with Gasteiger partial charge in [-0.15, -0.1) is 10.2 Å². The summed E-state index contributed by atoms with van der Waals surface area (Å²) >= 11 is 0. The molecule has 4 unspecified atom stereocenters. The van der Waals surface area contributed by atoms with E-state index in [-0.39, 0.29) is 47.1 Å². The maximum absolute atomic E-state index is 14.3. The lowest BCUT2D eigenvalue weighted by Gasteiger charge is -2.34. The van der Waals surface area contributed by atoms with Crippen LogP contribution in [0.2, 0.25) is 0 Å². The Labute approximate surface area is 195 Å². The molecule has 0 spiro atoms. The number of hydrogen-bond acceptors (Lipinski definition) is 6. The molecule has 2 saturated heterocycles. The second-order valence-electron chi connectivity index (χ2n) is 9.60. The Hall–Kier alpha value is -2.30. The van der Waals surface area contributed by atoms with E-state index in [4.69, 9.17) is 15.2 Å². The number of aromatic nitrogens is 2. The Kier molecular flexibility index (Phi) is 6.24. The minimum Gasteiger partial charge on any atom is -0.376 e. The first-order valence-electron chi connectivity index (χ1n) is 11.6. The van der Waals surface area contributed by atoms with Gasteiger partial charge in [-0.2, -0.15) is 13.2 Å². The Morgan fingerprint density at radius 1 is 1.15 bits per heavy atom. The topological polar surface area (TPSA) is 73.5 Å². The third-order valence-electron chi connectivity index (χ3n) is 7.33. The van der Waals surface area contributed by atoms with Crippen LogP contribution in [0.5, 0.6) is 0 Å². The van der Waals surface area contributed by atoms with Gasteiger partial charge in [-0.05, 0) is 61.8 Å². The number of ether oxygens (including phenoxy) is 2. The zero-order valence-corrected chi connectivity index (χ0v) is 18.9. The molecule has 184 valence electrons. The lowest BCUT2D eigenvalue weighted by atomic mass is 9.90. The van der Waals surface area contributed by atoms with Crippen molar-refractivity contribution in [2.75, 3.05) is 31.3 Å². The standard InChI is InChI=1S/C24H28F4N4O2/c1-13-2-3-15(25)7-18(13)21-10-20(24(26,27)28)23(31-30-21)32-11-14-6-16(29)8-19(14)22(32)9-17-12-33-4-5-34-17/h2-3,7,10,14,16-17,19,22H,4-6,8-9,11-12,29H2,1H3/t14?,16?,17-,19?,22?/m0/s1. The van der Waals surface area contributed by atoms with Crippen molar-refractivity contribution in [1.29, 1.82) is 0 Å². The zero-order chi connectivity index (χ0) is 24.0. The summed E-state index contributed by atoms with van der Waals surface area (Å²) < 4.78 is 68.0. The fourth-order valence-corrected chi connectivity index (χ4v) is 5.80. The van der Waals surface area contributed by atoms with Crippen molar-refractivity contribution >= 4 is 5.82 Å². The molecule has 34 heavy (non-hydrogen) atoms. The van der Waals surface area contributed by atoms with E-state index in [0.717, 1.165) is 18.9 Å². The van der Waals surface area contributed by atoms with Crippen molar-refractivity contribution in [3.8, 4) is 11.3 Å². The first kappa shape index (κ1) is 23.4. The molecule has 3 fully saturated rings. The maximum atomic E-state index is 14.3. The summed E-state index contributed by atoms with van der Waals surface area (Å²) in [4.78, 5) is 1.75. The number of nitrogens with zero attached hydrogens (tertiary/aromatic N) is 3. The molecule has 6 nitrogen and oxygen atoms in total. The quantitative estimate of drug-likeness (QED) is 0.668. The van der Waals surface area contributed by atoms with Crippen LogP contribution >= 0.6 is 0 Å². The van der Waals surface area contributed by atoms with Gasteiger partial charge in [-0.3, -0.25) is 0 Å². The minimum absolute atomic E-state index is 0.00458. The number of halogens is 4. The second-order valence-corrected chi connectivity index (χ2v) is 9.60. The van der Waals surface area contributed by atoms with Gasteiger partial charge in [0.2, 0.25) is 0 Å². The van der Waals surface area contributed by atoms with Crippen molar-refractivity contribution in [3.05, 3.63) is 41.2 Å². The lowest BCUT2D eigenvalue weighted by molar-refractivity contribution is -0.137. The summed E-state index contributed by atoms with van der Waals surface area (Å²) in [6.45, 7) is 3.55. The summed E-state index contributed by atoms with van der Waals surface area (Å²) in [6.07, 6.45) is -2.76. The molecule has 1 aromatic carbocycles. The average molecular weight is 481 g/mol. The molecule has 10 heteroatoms. The van der Waals surface area contributed by atoms with E-state index >= 15 is 0 Å². The van der Waals surface area contributed by atoms with Crippen molar-refractivity contribution in [2.24, 2.45) is 17.6 Å². The van der Waals surface area contributed by atoms with E-state index in [2.05, 4.69) is 10.2 Å². The van der Waals surface area contributed by atoms with Crippen LogP contribution in [0.3, 0.4) is 0 Å². The highest BCUT2D eigenvalue weighted by Crippen LogP contribution is 2.47. The van der Waals surface area contributed by atoms with Crippen LogP contribution in [0.4, 0.5) is 23.4 Å². The van der Waals surface area contributed by atoms with Gasteiger partial charge >= 0.3 is 6.18 Å². The summed E-state index contributed by atoms with van der Waals surface area (Å²) in [5.41, 5.74) is 6.24. The largest absolute Gasteiger partial charge is 0.420 e. The van der Waals surface area contributed by atoms with Gasteiger partial charge in [0.1, 0.15) is 11.4 Å². The van der Waals surface area contributed by atoms with Gasteiger partial charge in [-0.25, -0.2) is 4.39 Å². The van der Waals surface area contributed by atoms with Crippen LogP contribution < -0.4 is 10.6 Å². The highest BCUT2D eigenvalue weighted by molar-refractivity contribution is 5.66. The normalized spacial score (nSPS) is 29.5. The van der Waals surface area contributed by atoms with Gasteiger partial charge in [0.25, 0.3) is 0 Å². The molecule has 1 saturated carbocycles. The molecule has 2 aliphatic heterocycles. The van der Waals surface area contributed by atoms with Gasteiger partial charge < -0.3 is 20.1 Å². The monoisotopic (exact) mass is 480 g/mol. The molecule has 0 radical (unpaired) electrons. The molecular formula is C24H28F4N4O2. The maximum Gasteiger partial charge on any atom is 0.420 e. The molecule has 5 atom stereocenters. The average Bonchev–Trinajstić information content (AvgIpc) is 3.32. The first-order valence-corrected chi connectivity index (χ1v) is 11.6. The smallest absolute Gasteiger partial charge is 0.376 e. The number of nitrogens with two attached hydrogens (primary N) is 1. The van der Waals surface area contributed by atoms with E-state index in [1.165, 1.54) is 18.2 Å². The molecule has 0 bridgehead atoms. The van der Waals surface area contributed by atoms with Crippen LogP contribution in [0, 0.1) is 24.6 Å². The fraction of sp³-hybridized carbons (Fsp3) is 0.583. The van der Waals surface area contributed by atoms with Crippen molar-refractivity contribution in [1.82, 2.24) is 10.2 Å². The number of hydrogen-bond donors (Lipinski definition) is 1. The van der Waals surface area contributed by atoms with Gasteiger partial charge in [-0.1, -0.05) is 6.07 Å². The van der Waals surface area contributed by atoms with Crippen molar-refractivity contribution in [3.63, 3.8) is 0 Å². The number of aryl methyl sites for hydroxylation is 1. The Morgan fingerprint density at radius 2 is 1.97 bits per heavy atom. The Morgan fingerprint density at radius 3 is 2.71 bits per heavy atom. The van der Waals surface area contributed by atoms with E-state index in [9.17, 15) is 17.6 Å². The number of benzene rings is 1. The van der Waals surface area contributed by atoms with Gasteiger partial charge in [0.15, 0.2) is 5.82 Å². The molecule has 5 rings (SSSR count). The molecule has 2 aromatic rings. The van der Waals surface area contributed by atoms with E-state index in [1.54, 1.807) is 11.8 Å². The first-order chi connectivity index (χ1) is 16.2. The van der Waals surface area contributed by atoms with E-state index < -0.39 is 17.6 Å². The number of alkyl halides is 3.